The highest BCUT2D eigenvalue weighted by molar-refractivity contribution is 6.14. The molecule has 15 aromatic rings. The van der Waals surface area contributed by atoms with Gasteiger partial charge < -0.3 is 9.13 Å². The summed E-state index contributed by atoms with van der Waals surface area (Å²) >= 11 is 0. The summed E-state index contributed by atoms with van der Waals surface area (Å²) < 4.78 is 4.87. The number of pyridine rings is 4. The molecular formula is C77H54N6. The summed E-state index contributed by atoms with van der Waals surface area (Å²) in [6.07, 6.45) is 9.21. The fourth-order valence-electron chi connectivity index (χ4n) is 12.0. The average molecular weight is 1060 g/mol. The highest BCUT2D eigenvalue weighted by atomic mass is 15.0. The van der Waals surface area contributed by atoms with Crippen molar-refractivity contribution in [3.63, 3.8) is 0 Å². The summed E-state index contributed by atoms with van der Waals surface area (Å²) in [6.45, 7) is 5.25. The Bertz CT molecular complexity index is 4290. The number of hydrogen-bond acceptors (Lipinski definition) is 4. The highest BCUT2D eigenvalue weighted by Crippen LogP contribution is 2.44. The van der Waals surface area contributed by atoms with Crippen molar-refractivity contribution < 1.29 is 0 Å². The van der Waals surface area contributed by atoms with E-state index in [9.17, 15) is 0 Å². The quantitative estimate of drug-likeness (QED) is 0.128. The first-order chi connectivity index (χ1) is 41.1. The van der Waals surface area contributed by atoms with Crippen molar-refractivity contribution in [2.75, 3.05) is 0 Å². The van der Waals surface area contributed by atoms with E-state index in [1.54, 1.807) is 6.08 Å². The number of fused-ring (bicyclic) bond motifs is 6. The van der Waals surface area contributed by atoms with Gasteiger partial charge in [-0.1, -0.05) is 158 Å². The van der Waals surface area contributed by atoms with E-state index in [-0.39, 0.29) is 0 Å². The molecule has 0 bridgehead atoms. The summed E-state index contributed by atoms with van der Waals surface area (Å²) in [5.41, 5.74) is 23.7. The van der Waals surface area contributed by atoms with Crippen LogP contribution in [0.4, 0.5) is 0 Å². The van der Waals surface area contributed by atoms with Crippen LogP contribution in [0, 0.1) is 0 Å². The molecule has 6 heteroatoms. The van der Waals surface area contributed by atoms with Gasteiger partial charge in [-0.2, -0.15) is 0 Å². The normalized spacial score (nSPS) is 11.2. The Labute approximate surface area is 482 Å². The number of hydrogen-bond donors (Lipinski definition) is 0. The maximum Gasteiger partial charge on any atom is 0.0708 e. The van der Waals surface area contributed by atoms with Gasteiger partial charge in [-0.3, -0.25) is 19.9 Å². The van der Waals surface area contributed by atoms with Crippen LogP contribution in [0.1, 0.15) is 6.92 Å². The van der Waals surface area contributed by atoms with Crippen molar-refractivity contribution in [3.8, 4) is 101 Å². The van der Waals surface area contributed by atoms with Crippen LogP contribution in [0.3, 0.4) is 0 Å². The van der Waals surface area contributed by atoms with E-state index in [1.165, 1.54) is 0 Å². The first-order valence-electron chi connectivity index (χ1n) is 28.0. The van der Waals surface area contributed by atoms with Gasteiger partial charge in [-0.25, -0.2) is 0 Å². The lowest BCUT2D eigenvalue weighted by molar-refractivity contribution is 1.13. The van der Waals surface area contributed by atoms with E-state index in [0.29, 0.717) is 0 Å². The Hall–Kier alpha value is -11.1. The van der Waals surface area contributed by atoms with Crippen molar-refractivity contribution >= 4 is 43.6 Å². The second kappa shape index (κ2) is 21.9. The molecule has 9 aromatic carbocycles. The molecule has 0 aliphatic heterocycles. The summed E-state index contributed by atoms with van der Waals surface area (Å²) in [4.78, 5) is 19.1. The second-order valence-electron chi connectivity index (χ2n) is 20.6. The van der Waals surface area contributed by atoms with Crippen LogP contribution < -0.4 is 0 Å². The maximum atomic E-state index is 4.79. The van der Waals surface area contributed by atoms with Gasteiger partial charge in [0.2, 0.25) is 0 Å². The van der Waals surface area contributed by atoms with E-state index in [2.05, 4.69) is 258 Å². The summed E-state index contributed by atoms with van der Waals surface area (Å²) in [6, 6.07) is 95.5. The first-order valence-corrected chi connectivity index (χ1v) is 28.0. The molecule has 0 aliphatic carbocycles. The lowest BCUT2D eigenvalue weighted by atomic mass is 9.94. The number of allylic oxidation sites excluding steroid dienone is 1. The molecule has 6 aromatic heterocycles. The molecule has 0 saturated heterocycles. The van der Waals surface area contributed by atoms with Crippen LogP contribution in [-0.2, 0) is 0 Å². The van der Waals surface area contributed by atoms with Crippen LogP contribution in [0.15, 0.2) is 304 Å². The highest BCUT2D eigenvalue weighted by Gasteiger charge is 2.21. The smallest absolute Gasteiger partial charge is 0.0708 e. The summed E-state index contributed by atoms with van der Waals surface area (Å²) in [5, 5.41) is 4.63. The third kappa shape index (κ3) is 9.24. The molecule has 0 N–H and O–H groups in total. The molecule has 6 nitrogen and oxygen atoms in total. The average Bonchev–Trinajstić information content (AvgIpc) is 3.40. The van der Waals surface area contributed by atoms with E-state index < -0.39 is 0 Å². The van der Waals surface area contributed by atoms with E-state index in [4.69, 9.17) is 19.9 Å². The minimum atomic E-state index is 0.942. The molecule has 6 heterocycles. The Morgan fingerprint density at radius 1 is 0.265 bits per heavy atom. The van der Waals surface area contributed by atoms with Crippen LogP contribution in [-0.4, -0.2) is 29.1 Å². The van der Waals surface area contributed by atoms with Gasteiger partial charge in [0.05, 0.1) is 44.8 Å². The fraction of sp³-hybridized carbons (Fsp3) is 0.0130. The fourth-order valence-corrected chi connectivity index (χ4v) is 12.0. The molecule has 0 aliphatic rings. The number of rotatable bonds is 10. The summed E-state index contributed by atoms with van der Waals surface area (Å²) in [5.74, 6) is 0. The lowest BCUT2D eigenvalue weighted by Gasteiger charge is -2.14. The molecule has 83 heavy (non-hydrogen) atoms. The largest absolute Gasteiger partial charge is 0.309 e. The predicted molar refractivity (Wildman–Crippen MR) is 346 cm³/mol. The van der Waals surface area contributed by atoms with Crippen LogP contribution in [0.2, 0.25) is 0 Å². The van der Waals surface area contributed by atoms with Crippen molar-refractivity contribution in [2.24, 2.45) is 0 Å². The zero-order chi connectivity index (χ0) is 55.6. The predicted octanol–water partition coefficient (Wildman–Crippen LogP) is 20.0. The third-order valence-electron chi connectivity index (χ3n) is 15.6. The SMILES string of the molecule is C=CC.c1ccc(-c2ccccc2-c2ccc3c(c2)c2cc(-c4ccccc4-c4ccccn4)ccc2n3-c2cccc(-n3c4ccc(-c5ccccc5-c5ccccn5)cc4c4cc(-c5ccccc5-c5ccccn5)ccc43)c2)nc1. The topological polar surface area (TPSA) is 61.4 Å². The Balaban J connectivity index is 0.00000201. The molecular weight excluding hydrogens is 1010 g/mol. The van der Waals surface area contributed by atoms with Gasteiger partial charge in [-0.05, 0) is 167 Å². The zero-order valence-electron chi connectivity index (χ0n) is 45.7. The van der Waals surface area contributed by atoms with E-state index >= 15 is 0 Å². The number of nitrogens with zero attached hydrogens (tertiary/aromatic N) is 6. The van der Waals surface area contributed by atoms with Crippen LogP contribution >= 0.6 is 0 Å². The molecule has 0 spiro atoms. The van der Waals surface area contributed by atoms with Crippen LogP contribution in [0.5, 0.6) is 0 Å². The zero-order valence-corrected chi connectivity index (χ0v) is 45.7. The molecule has 0 atom stereocenters. The van der Waals surface area contributed by atoms with Gasteiger partial charge in [0.25, 0.3) is 0 Å². The Morgan fingerprint density at radius 3 is 0.747 bits per heavy atom. The van der Waals surface area contributed by atoms with Gasteiger partial charge >= 0.3 is 0 Å². The summed E-state index contributed by atoms with van der Waals surface area (Å²) in [7, 11) is 0. The number of aromatic nitrogens is 6. The molecule has 0 amide bonds. The molecule has 0 radical (unpaired) electrons. The monoisotopic (exact) mass is 1060 g/mol. The van der Waals surface area contributed by atoms with Crippen molar-refractivity contribution in [1.82, 2.24) is 29.1 Å². The second-order valence-corrected chi connectivity index (χ2v) is 20.6. The Kier molecular flexibility index (Phi) is 13.2. The molecule has 392 valence electrons. The minimum absolute atomic E-state index is 0.942. The van der Waals surface area contributed by atoms with Crippen LogP contribution in [0.25, 0.3) is 145 Å². The van der Waals surface area contributed by atoms with Crippen molar-refractivity contribution in [3.05, 3.63) is 304 Å². The Morgan fingerprint density at radius 2 is 0.506 bits per heavy atom. The molecule has 0 saturated carbocycles. The van der Waals surface area contributed by atoms with Gasteiger partial charge in [0, 0.05) is 80.0 Å². The lowest BCUT2D eigenvalue weighted by Crippen LogP contribution is -1.99. The van der Waals surface area contributed by atoms with Crippen molar-refractivity contribution in [1.29, 1.82) is 0 Å². The van der Waals surface area contributed by atoms with Gasteiger partial charge in [0.15, 0.2) is 0 Å². The molecule has 15 rings (SSSR count). The van der Waals surface area contributed by atoms with Gasteiger partial charge in [-0.15, -0.1) is 6.58 Å². The molecule has 0 unspecified atom stereocenters. The standard InChI is InChI=1S/C74H48N6.C3H6/c1-5-24-59(67-28-9-13-40-75-67)55(20-1)49-32-36-71-63(44-49)64-45-50(56-21-2-6-25-60(56)68-29-10-14-41-76-68)33-37-72(64)79(71)53-18-17-19-54(48-53)80-73-38-34-51(57-22-3-7-26-61(57)69-30-11-15-42-77-69)46-65(73)66-47-52(35-39-74(66)80)58-23-4-8-27-62(58)70-31-12-16-43-78-70;1-3-2/h1-48H;3H,1H2,2H3. The van der Waals surface area contributed by atoms with E-state index in [0.717, 1.165) is 145 Å². The van der Waals surface area contributed by atoms with Crippen molar-refractivity contribution in [2.45, 2.75) is 6.92 Å². The minimum Gasteiger partial charge on any atom is -0.309 e. The third-order valence-corrected chi connectivity index (χ3v) is 15.6. The van der Waals surface area contributed by atoms with Gasteiger partial charge in [0.1, 0.15) is 0 Å². The number of benzene rings is 9. The first kappa shape index (κ1) is 50.2. The molecule has 0 fully saturated rings. The van der Waals surface area contributed by atoms with E-state index in [1.807, 2.05) is 56.0 Å². The maximum absolute atomic E-state index is 4.79.